The molecule has 1 aromatic heterocycles. The lowest BCUT2D eigenvalue weighted by Gasteiger charge is -2.23. The van der Waals surface area contributed by atoms with Crippen LogP contribution in [0.2, 0.25) is 0 Å². The van der Waals surface area contributed by atoms with Gasteiger partial charge < -0.3 is 5.32 Å². The van der Waals surface area contributed by atoms with Gasteiger partial charge in [-0.05, 0) is 78.2 Å². The van der Waals surface area contributed by atoms with Crippen LogP contribution in [0.4, 0.5) is 10.1 Å². The lowest BCUT2D eigenvalue weighted by atomic mass is 10.1. The first-order valence-electron chi connectivity index (χ1n) is 11.6. The van der Waals surface area contributed by atoms with E-state index in [-0.39, 0.29) is 29.7 Å². The van der Waals surface area contributed by atoms with Crippen LogP contribution in [0.3, 0.4) is 0 Å². The fraction of sp³-hybridized carbons (Fsp3) is 0.103. The van der Waals surface area contributed by atoms with E-state index in [9.17, 15) is 17.6 Å². The fourth-order valence-electron chi connectivity index (χ4n) is 3.61. The molecular formula is C29H26FN3O3S. The Kier molecular flexibility index (Phi) is 8.22. The van der Waals surface area contributed by atoms with Crippen molar-refractivity contribution >= 4 is 27.7 Å². The highest BCUT2D eigenvalue weighted by atomic mass is 32.2. The SMILES string of the molecule is Cc1ccc(CN(Cc2ccc(F)cc2)S(=O)(=O)c2ccc(NC(=O)/C=C/c3ccncc3)cc2)cc1. The summed E-state index contributed by atoms with van der Waals surface area (Å²) in [5.74, 6) is -0.727. The van der Waals surface area contributed by atoms with Crippen molar-refractivity contribution in [1.29, 1.82) is 0 Å². The number of nitrogens with zero attached hydrogens (tertiary/aromatic N) is 2. The maximum Gasteiger partial charge on any atom is 0.248 e. The standard InChI is InChI=1S/C29H26FN3O3S/c1-22-2-4-24(5-3-22)20-33(21-25-6-9-26(30)10-7-25)37(35,36)28-13-11-27(12-14-28)32-29(34)15-8-23-16-18-31-19-17-23/h2-19H,20-21H2,1H3,(H,32,34)/b15-8+. The smallest absolute Gasteiger partial charge is 0.248 e. The van der Waals surface area contributed by atoms with Crippen molar-refractivity contribution in [1.82, 2.24) is 9.29 Å². The molecule has 0 bridgehead atoms. The van der Waals surface area contributed by atoms with Crippen molar-refractivity contribution < 1.29 is 17.6 Å². The fourth-order valence-corrected chi connectivity index (χ4v) is 5.02. The van der Waals surface area contributed by atoms with Crippen LogP contribution >= 0.6 is 0 Å². The van der Waals surface area contributed by atoms with E-state index in [1.54, 1.807) is 54.9 Å². The summed E-state index contributed by atoms with van der Waals surface area (Å²) < 4.78 is 42.0. The predicted molar refractivity (Wildman–Crippen MR) is 142 cm³/mol. The van der Waals surface area contributed by atoms with E-state index in [2.05, 4.69) is 10.3 Å². The minimum absolute atomic E-state index is 0.0782. The third kappa shape index (κ3) is 7.19. The van der Waals surface area contributed by atoms with E-state index in [0.717, 1.165) is 16.7 Å². The van der Waals surface area contributed by atoms with Crippen molar-refractivity contribution in [3.8, 4) is 0 Å². The summed E-state index contributed by atoms with van der Waals surface area (Å²) in [6.45, 7) is 2.19. The first kappa shape index (κ1) is 25.9. The highest BCUT2D eigenvalue weighted by Crippen LogP contribution is 2.23. The third-order valence-electron chi connectivity index (χ3n) is 5.64. The molecule has 8 heteroatoms. The number of aromatic nitrogens is 1. The number of sulfonamides is 1. The summed E-state index contributed by atoms with van der Waals surface area (Å²) in [4.78, 5) is 16.3. The Morgan fingerprint density at radius 1 is 0.865 bits per heavy atom. The number of carbonyl (C=O) groups is 1. The number of hydrogen-bond donors (Lipinski definition) is 1. The average molecular weight is 516 g/mol. The van der Waals surface area contributed by atoms with Crippen molar-refractivity contribution in [2.75, 3.05) is 5.32 Å². The molecule has 37 heavy (non-hydrogen) atoms. The molecule has 0 unspecified atom stereocenters. The second-order valence-electron chi connectivity index (χ2n) is 8.51. The van der Waals surface area contributed by atoms with Gasteiger partial charge in [-0.2, -0.15) is 4.31 Å². The van der Waals surface area contributed by atoms with E-state index in [4.69, 9.17) is 0 Å². The second kappa shape index (κ2) is 11.7. The monoisotopic (exact) mass is 515 g/mol. The van der Waals surface area contributed by atoms with Gasteiger partial charge in [0.25, 0.3) is 0 Å². The van der Waals surface area contributed by atoms with E-state index in [0.29, 0.717) is 11.3 Å². The summed E-state index contributed by atoms with van der Waals surface area (Å²) in [5.41, 5.74) is 3.88. The number of anilines is 1. The van der Waals surface area contributed by atoms with Gasteiger partial charge in [-0.1, -0.05) is 42.0 Å². The molecule has 1 amide bonds. The maximum absolute atomic E-state index is 13.6. The molecule has 0 aliphatic rings. The number of benzene rings is 3. The Labute approximate surface area is 216 Å². The molecule has 6 nitrogen and oxygen atoms in total. The number of carbonyl (C=O) groups excluding carboxylic acids is 1. The van der Waals surface area contributed by atoms with Crippen molar-refractivity contribution in [3.63, 3.8) is 0 Å². The van der Waals surface area contributed by atoms with Gasteiger partial charge in [0, 0.05) is 37.2 Å². The first-order valence-corrected chi connectivity index (χ1v) is 13.0. The zero-order chi connectivity index (χ0) is 26.3. The van der Waals surface area contributed by atoms with Gasteiger partial charge in [0.2, 0.25) is 15.9 Å². The van der Waals surface area contributed by atoms with Gasteiger partial charge in [-0.15, -0.1) is 0 Å². The number of pyridine rings is 1. The molecule has 188 valence electrons. The van der Waals surface area contributed by atoms with Crippen LogP contribution in [-0.4, -0.2) is 23.6 Å². The minimum atomic E-state index is -3.90. The first-order chi connectivity index (χ1) is 17.8. The van der Waals surface area contributed by atoms with Crippen LogP contribution in [0, 0.1) is 12.7 Å². The number of halogens is 1. The molecule has 3 aromatic carbocycles. The average Bonchev–Trinajstić information content (AvgIpc) is 2.90. The van der Waals surface area contributed by atoms with Crippen molar-refractivity contribution in [2.45, 2.75) is 24.9 Å². The molecule has 0 saturated carbocycles. The lowest BCUT2D eigenvalue weighted by Crippen LogP contribution is -2.30. The van der Waals surface area contributed by atoms with Gasteiger partial charge in [-0.25, -0.2) is 12.8 Å². The van der Waals surface area contributed by atoms with E-state index < -0.39 is 10.0 Å². The Morgan fingerprint density at radius 3 is 2.03 bits per heavy atom. The summed E-state index contributed by atoms with van der Waals surface area (Å²) in [5, 5.41) is 2.72. The molecule has 0 radical (unpaired) electrons. The molecule has 1 heterocycles. The van der Waals surface area contributed by atoms with Gasteiger partial charge >= 0.3 is 0 Å². The van der Waals surface area contributed by atoms with Crippen molar-refractivity contribution in [3.05, 3.63) is 131 Å². The van der Waals surface area contributed by atoms with Crippen LogP contribution in [0.25, 0.3) is 6.08 Å². The Balaban J connectivity index is 1.52. The van der Waals surface area contributed by atoms with Crippen LogP contribution in [-0.2, 0) is 27.9 Å². The number of rotatable bonds is 9. The number of aryl methyl sites for hydroxylation is 1. The lowest BCUT2D eigenvalue weighted by molar-refractivity contribution is -0.111. The molecule has 1 N–H and O–H groups in total. The maximum atomic E-state index is 13.6. The predicted octanol–water partition coefficient (Wildman–Crippen LogP) is 5.57. The quantitative estimate of drug-likeness (QED) is 0.296. The highest BCUT2D eigenvalue weighted by molar-refractivity contribution is 7.89. The molecule has 4 rings (SSSR count). The van der Waals surface area contributed by atoms with Crippen LogP contribution in [0.15, 0.2) is 108 Å². The Morgan fingerprint density at radius 2 is 1.43 bits per heavy atom. The molecule has 0 saturated heterocycles. The van der Waals surface area contributed by atoms with Gasteiger partial charge in [-0.3, -0.25) is 9.78 Å². The van der Waals surface area contributed by atoms with Crippen LogP contribution < -0.4 is 5.32 Å². The van der Waals surface area contributed by atoms with E-state index in [1.165, 1.54) is 34.6 Å². The zero-order valence-electron chi connectivity index (χ0n) is 20.2. The number of amides is 1. The molecule has 0 aliphatic carbocycles. The largest absolute Gasteiger partial charge is 0.323 e. The molecule has 0 aliphatic heterocycles. The van der Waals surface area contributed by atoms with Crippen molar-refractivity contribution in [2.24, 2.45) is 0 Å². The zero-order valence-corrected chi connectivity index (χ0v) is 21.0. The van der Waals surface area contributed by atoms with Gasteiger partial charge in [0.05, 0.1) is 4.90 Å². The molecule has 0 fully saturated rings. The van der Waals surface area contributed by atoms with E-state index >= 15 is 0 Å². The van der Waals surface area contributed by atoms with Crippen LogP contribution in [0.5, 0.6) is 0 Å². The highest BCUT2D eigenvalue weighted by Gasteiger charge is 2.25. The van der Waals surface area contributed by atoms with E-state index in [1.807, 2.05) is 31.2 Å². The summed E-state index contributed by atoms with van der Waals surface area (Å²) in [6.07, 6.45) is 6.32. The molecule has 0 spiro atoms. The summed E-state index contributed by atoms with van der Waals surface area (Å²) in [6, 6.07) is 23.0. The van der Waals surface area contributed by atoms with Gasteiger partial charge in [0.1, 0.15) is 5.82 Å². The molecule has 4 aromatic rings. The second-order valence-corrected chi connectivity index (χ2v) is 10.5. The third-order valence-corrected chi connectivity index (χ3v) is 7.45. The Bertz CT molecular complexity index is 1420. The number of nitrogens with one attached hydrogen (secondary N) is 1. The van der Waals surface area contributed by atoms with Gasteiger partial charge in [0.15, 0.2) is 0 Å². The Hall–Kier alpha value is -4.14. The summed E-state index contributed by atoms with van der Waals surface area (Å²) in [7, 11) is -3.90. The molecule has 0 atom stereocenters. The molecular weight excluding hydrogens is 489 g/mol. The summed E-state index contributed by atoms with van der Waals surface area (Å²) >= 11 is 0. The number of hydrogen-bond acceptors (Lipinski definition) is 4. The minimum Gasteiger partial charge on any atom is -0.323 e. The van der Waals surface area contributed by atoms with Crippen LogP contribution in [0.1, 0.15) is 22.3 Å². The topological polar surface area (TPSA) is 79.4 Å². The normalized spacial score (nSPS) is 11.6.